The number of hydrogen-bond donors (Lipinski definition) is 2. The maximum atomic E-state index is 6.22. The molecule has 0 unspecified atom stereocenters. The highest BCUT2D eigenvalue weighted by molar-refractivity contribution is 7.98. The maximum absolute atomic E-state index is 6.22. The first kappa shape index (κ1) is 18.5. The highest BCUT2D eigenvalue weighted by Gasteiger charge is 2.09. The van der Waals surface area contributed by atoms with Crippen molar-refractivity contribution < 1.29 is 0 Å². The zero-order valence-electron chi connectivity index (χ0n) is 14.8. The lowest BCUT2D eigenvalue weighted by Gasteiger charge is -2.11. The summed E-state index contributed by atoms with van der Waals surface area (Å²) in [6, 6.07) is 16.3. The van der Waals surface area contributed by atoms with Gasteiger partial charge in [0, 0.05) is 28.1 Å². The molecule has 134 valence electrons. The van der Waals surface area contributed by atoms with Crippen molar-refractivity contribution in [2.75, 3.05) is 23.9 Å². The number of nitrogens with one attached hydrogen (secondary N) is 1. The van der Waals surface area contributed by atoms with E-state index in [4.69, 9.17) is 17.3 Å². The minimum atomic E-state index is 0.244. The minimum absolute atomic E-state index is 0.244. The number of thioether (sulfide) groups is 1. The Morgan fingerprint density at radius 1 is 1.12 bits per heavy atom. The standard InChI is InChI=1S/C20H21ClN4S/c1-13-16(4-3-5-17(13)21)18-12-19(25-20(22)24-18)23-11-10-14-6-8-15(26-2)9-7-14/h3-9,12H,10-11H2,1-2H3,(H3,22,23,24,25). The molecule has 3 rings (SSSR count). The van der Waals surface area contributed by atoms with Gasteiger partial charge in [-0.2, -0.15) is 4.98 Å². The summed E-state index contributed by atoms with van der Waals surface area (Å²) < 4.78 is 0. The molecule has 0 saturated carbocycles. The van der Waals surface area contributed by atoms with Crippen molar-refractivity contribution in [3.8, 4) is 11.3 Å². The Bertz CT molecular complexity index is 897. The first-order chi connectivity index (χ1) is 12.6. The zero-order valence-corrected chi connectivity index (χ0v) is 16.4. The van der Waals surface area contributed by atoms with Gasteiger partial charge >= 0.3 is 0 Å². The second-order valence-electron chi connectivity index (χ2n) is 5.93. The molecule has 0 aliphatic carbocycles. The molecule has 0 aliphatic rings. The van der Waals surface area contributed by atoms with E-state index >= 15 is 0 Å². The first-order valence-electron chi connectivity index (χ1n) is 8.33. The number of nitrogen functional groups attached to an aromatic ring is 1. The Morgan fingerprint density at radius 2 is 1.88 bits per heavy atom. The molecule has 0 atom stereocenters. The van der Waals surface area contributed by atoms with E-state index in [1.165, 1.54) is 10.5 Å². The molecule has 2 aromatic carbocycles. The highest BCUT2D eigenvalue weighted by atomic mass is 35.5. The summed E-state index contributed by atoms with van der Waals surface area (Å²) >= 11 is 7.97. The third kappa shape index (κ3) is 4.48. The predicted octanol–water partition coefficient (Wildman–Crippen LogP) is 5.06. The summed E-state index contributed by atoms with van der Waals surface area (Å²) in [5.74, 6) is 0.960. The molecule has 0 fully saturated rings. The van der Waals surface area contributed by atoms with E-state index < -0.39 is 0 Å². The number of nitrogens with two attached hydrogens (primary N) is 1. The average molecular weight is 385 g/mol. The summed E-state index contributed by atoms with van der Waals surface area (Å²) in [6.07, 6.45) is 2.99. The second-order valence-corrected chi connectivity index (χ2v) is 7.22. The smallest absolute Gasteiger partial charge is 0.222 e. The predicted molar refractivity (Wildman–Crippen MR) is 112 cm³/mol. The van der Waals surface area contributed by atoms with Gasteiger partial charge in [0.15, 0.2) is 0 Å². The monoisotopic (exact) mass is 384 g/mol. The van der Waals surface area contributed by atoms with Gasteiger partial charge in [0.2, 0.25) is 5.95 Å². The van der Waals surface area contributed by atoms with Crippen molar-refractivity contribution in [3.05, 3.63) is 64.7 Å². The fourth-order valence-electron chi connectivity index (χ4n) is 2.71. The lowest BCUT2D eigenvalue weighted by atomic mass is 10.1. The van der Waals surface area contributed by atoms with E-state index in [0.717, 1.165) is 29.8 Å². The second kappa shape index (κ2) is 8.43. The number of nitrogens with zero attached hydrogens (tertiary/aromatic N) is 2. The van der Waals surface area contributed by atoms with Crippen molar-refractivity contribution in [1.82, 2.24) is 9.97 Å². The molecule has 3 aromatic rings. The number of halogens is 1. The van der Waals surface area contributed by atoms with Gasteiger partial charge in [-0.15, -0.1) is 11.8 Å². The van der Waals surface area contributed by atoms with Crippen molar-refractivity contribution in [3.63, 3.8) is 0 Å². The van der Waals surface area contributed by atoms with Gasteiger partial charge in [0.25, 0.3) is 0 Å². The van der Waals surface area contributed by atoms with Gasteiger partial charge in [0.1, 0.15) is 5.82 Å². The third-order valence-electron chi connectivity index (χ3n) is 4.17. The SMILES string of the molecule is CSc1ccc(CCNc2cc(-c3cccc(Cl)c3C)nc(N)n2)cc1. The van der Waals surface area contributed by atoms with Crippen LogP contribution in [0.3, 0.4) is 0 Å². The molecule has 1 heterocycles. The lowest BCUT2D eigenvalue weighted by molar-refractivity contribution is 0.999. The average Bonchev–Trinajstić information content (AvgIpc) is 2.64. The van der Waals surface area contributed by atoms with Crippen LogP contribution < -0.4 is 11.1 Å². The fourth-order valence-corrected chi connectivity index (χ4v) is 3.29. The molecule has 0 aliphatic heterocycles. The van der Waals surface area contributed by atoms with Crippen LogP contribution in [0.4, 0.5) is 11.8 Å². The van der Waals surface area contributed by atoms with Crippen LogP contribution in [0.25, 0.3) is 11.3 Å². The quantitative estimate of drug-likeness (QED) is 0.581. The van der Waals surface area contributed by atoms with Gasteiger partial charge in [-0.25, -0.2) is 4.98 Å². The van der Waals surface area contributed by atoms with Crippen molar-refractivity contribution >= 4 is 35.1 Å². The van der Waals surface area contributed by atoms with Crippen LogP contribution in [0.15, 0.2) is 53.4 Å². The van der Waals surface area contributed by atoms with Crippen molar-refractivity contribution in [2.45, 2.75) is 18.2 Å². The van der Waals surface area contributed by atoms with Crippen LogP contribution in [0, 0.1) is 6.92 Å². The largest absolute Gasteiger partial charge is 0.370 e. The Balaban J connectivity index is 1.72. The third-order valence-corrected chi connectivity index (χ3v) is 5.32. The Hall–Kier alpha value is -2.24. The topological polar surface area (TPSA) is 63.8 Å². The molecule has 0 saturated heterocycles. The van der Waals surface area contributed by atoms with E-state index in [1.54, 1.807) is 11.8 Å². The number of anilines is 2. The van der Waals surface area contributed by atoms with Crippen LogP contribution in [0.1, 0.15) is 11.1 Å². The number of aromatic nitrogens is 2. The summed E-state index contributed by atoms with van der Waals surface area (Å²) in [7, 11) is 0. The zero-order chi connectivity index (χ0) is 18.5. The molecule has 26 heavy (non-hydrogen) atoms. The van der Waals surface area contributed by atoms with Crippen LogP contribution in [-0.4, -0.2) is 22.8 Å². The molecule has 3 N–H and O–H groups in total. The van der Waals surface area contributed by atoms with E-state index in [1.807, 2.05) is 31.2 Å². The van der Waals surface area contributed by atoms with Crippen LogP contribution in [-0.2, 0) is 6.42 Å². The molecular weight excluding hydrogens is 364 g/mol. The van der Waals surface area contributed by atoms with Gasteiger partial charge in [-0.05, 0) is 48.9 Å². The van der Waals surface area contributed by atoms with E-state index in [0.29, 0.717) is 10.8 Å². The van der Waals surface area contributed by atoms with Crippen LogP contribution in [0.5, 0.6) is 0 Å². The summed E-state index contributed by atoms with van der Waals surface area (Å²) in [4.78, 5) is 9.92. The number of rotatable bonds is 6. The van der Waals surface area contributed by atoms with Gasteiger partial charge in [-0.3, -0.25) is 0 Å². The van der Waals surface area contributed by atoms with E-state index in [9.17, 15) is 0 Å². The minimum Gasteiger partial charge on any atom is -0.370 e. The molecule has 6 heteroatoms. The summed E-state index contributed by atoms with van der Waals surface area (Å²) in [5.41, 5.74) is 9.89. The summed E-state index contributed by atoms with van der Waals surface area (Å²) in [6.45, 7) is 2.74. The normalized spacial score (nSPS) is 10.7. The summed E-state index contributed by atoms with van der Waals surface area (Å²) in [5, 5.41) is 4.05. The van der Waals surface area contributed by atoms with E-state index in [-0.39, 0.29) is 5.95 Å². The number of hydrogen-bond acceptors (Lipinski definition) is 5. The Labute approximate surface area is 163 Å². The molecule has 4 nitrogen and oxygen atoms in total. The van der Waals surface area contributed by atoms with Crippen molar-refractivity contribution in [1.29, 1.82) is 0 Å². The highest BCUT2D eigenvalue weighted by Crippen LogP contribution is 2.28. The van der Waals surface area contributed by atoms with Crippen molar-refractivity contribution in [2.24, 2.45) is 0 Å². The van der Waals surface area contributed by atoms with Gasteiger partial charge in [0.05, 0.1) is 5.69 Å². The van der Waals surface area contributed by atoms with Gasteiger partial charge in [-0.1, -0.05) is 35.9 Å². The fraction of sp³-hybridized carbons (Fsp3) is 0.200. The maximum Gasteiger partial charge on any atom is 0.222 e. The molecular formula is C20H21ClN4S. The number of benzene rings is 2. The van der Waals surface area contributed by atoms with Gasteiger partial charge < -0.3 is 11.1 Å². The Morgan fingerprint density at radius 3 is 2.62 bits per heavy atom. The molecule has 0 radical (unpaired) electrons. The molecule has 0 amide bonds. The Kier molecular flexibility index (Phi) is 6.01. The van der Waals surface area contributed by atoms with Crippen LogP contribution in [0.2, 0.25) is 5.02 Å². The molecule has 1 aromatic heterocycles. The van der Waals surface area contributed by atoms with Crippen LogP contribution >= 0.6 is 23.4 Å². The lowest BCUT2D eigenvalue weighted by Crippen LogP contribution is -2.08. The molecule has 0 bridgehead atoms. The van der Waals surface area contributed by atoms with E-state index in [2.05, 4.69) is 45.8 Å². The molecule has 0 spiro atoms. The first-order valence-corrected chi connectivity index (χ1v) is 9.94.